The summed E-state index contributed by atoms with van der Waals surface area (Å²) in [5, 5.41) is 9.04. The first-order valence-corrected chi connectivity index (χ1v) is 6.94. The Labute approximate surface area is 117 Å². The normalized spacial score (nSPS) is 25.7. The average Bonchev–Trinajstić information content (AvgIpc) is 2.72. The van der Waals surface area contributed by atoms with Crippen LogP contribution in [-0.4, -0.2) is 27.9 Å². The fraction of sp³-hybridized carbons (Fsp3) is 0.375. The standard InChI is InChI=1S/C16H17NO3/c1-10-13-4-2-3-5-14(13)15(18)17(10)12-8-6-11(7-9-12)16(19)20/h2-5,11-12H,1,6-9H2,(H,19,20). The predicted octanol–water partition coefficient (Wildman–Crippen LogP) is 2.76. The molecule has 0 radical (unpaired) electrons. The molecule has 2 aliphatic rings. The number of carbonyl (C=O) groups is 2. The van der Waals surface area contributed by atoms with E-state index in [-0.39, 0.29) is 17.9 Å². The average molecular weight is 271 g/mol. The zero-order valence-corrected chi connectivity index (χ0v) is 11.2. The summed E-state index contributed by atoms with van der Waals surface area (Å²) in [6, 6.07) is 7.58. The minimum atomic E-state index is -0.724. The van der Waals surface area contributed by atoms with Gasteiger partial charge >= 0.3 is 5.97 Å². The number of carbonyl (C=O) groups excluding carboxylic acids is 1. The molecule has 20 heavy (non-hydrogen) atoms. The molecule has 1 heterocycles. The highest BCUT2D eigenvalue weighted by atomic mass is 16.4. The van der Waals surface area contributed by atoms with E-state index in [0.29, 0.717) is 18.4 Å². The zero-order valence-electron chi connectivity index (χ0n) is 11.2. The van der Waals surface area contributed by atoms with Crippen molar-refractivity contribution >= 4 is 17.6 Å². The number of carboxylic acid groups (broad SMARTS) is 1. The lowest BCUT2D eigenvalue weighted by Gasteiger charge is -2.33. The van der Waals surface area contributed by atoms with Crippen LogP contribution in [0.1, 0.15) is 41.6 Å². The molecule has 0 unspecified atom stereocenters. The number of benzene rings is 1. The Bertz CT molecular complexity index is 550. The summed E-state index contributed by atoms with van der Waals surface area (Å²) in [6.07, 6.45) is 2.73. The molecule has 0 aromatic heterocycles. The summed E-state index contributed by atoms with van der Waals surface area (Å²) >= 11 is 0. The maximum absolute atomic E-state index is 12.5. The molecule has 1 fully saturated rings. The van der Waals surface area contributed by atoms with E-state index in [2.05, 4.69) is 6.58 Å². The second kappa shape index (κ2) is 4.78. The van der Waals surface area contributed by atoms with Gasteiger partial charge in [0.15, 0.2) is 0 Å². The van der Waals surface area contributed by atoms with Crippen molar-refractivity contribution in [2.24, 2.45) is 5.92 Å². The van der Waals surface area contributed by atoms with Crippen molar-refractivity contribution in [1.82, 2.24) is 4.90 Å². The van der Waals surface area contributed by atoms with Crippen molar-refractivity contribution < 1.29 is 14.7 Å². The largest absolute Gasteiger partial charge is 0.481 e. The highest BCUT2D eigenvalue weighted by Gasteiger charge is 2.38. The van der Waals surface area contributed by atoms with E-state index in [1.807, 2.05) is 24.3 Å². The number of hydrogen-bond donors (Lipinski definition) is 1. The number of amides is 1. The van der Waals surface area contributed by atoms with E-state index in [1.165, 1.54) is 0 Å². The molecular weight excluding hydrogens is 254 g/mol. The lowest BCUT2D eigenvalue weighted by Crippen LogP contribution is -2.38. The molecule has 1 amide bonds. The van der Waals surface area contributed by atoms with Crippen LogP contribution < -0.4 is 0 Å². The fourth-order valence-electron chi connectivity index (χ4n) is 3.27. The van der Waals surface area contributed by atoms with Gasteiger partial charge in [0.05, 0.1) is 5.92 Å². The molecule has 3 rings (SSSR count). The van der Waals surface area contributed by atoms with Crippen LogP contribution in [0.3, 0.4) is 0 Å². The monoisotopic (exact) mass is 271 g/mol. The number of nitrogens with zero attached hydrogens (tertiary/aromatic N) is 1. The van der Waals surface area contributed by atoms with Gasteiger partial charge in [-0.3, -0.25) is 9.59 Å². The fourth-order valence-corrected chi connectivity index (χ4v) is 3.27. The third-order valence-corrected chi connectivity index (χ3v) is 4.39. The van der Waals surface area contributed by atoms with Gasteiger partial charge in [-0.25, -0.2) is 0 Å². The number of rotatable bonds is 2. The van der Waals surface area contributed by atoms with E-state index >= 15 is 0 Å². The van der Waals surface area contributed by atoms with Gasteiger partial charge in [0, 0.05) is 22.9 Å². The predicted molar refractivity (Wildman–Crippen MR) is 75.0 cm³/mol. The number of fused-ring (bicyclic) bond motifs is 1. The summed E-state index contributed by atoms with van der Waals surface area (Å²) in [5.74, 6) is -0.984. The molecule has 1 aromatic carbocycles. The molecule has 0 saturated heterocycles. The number of carboxylic acids is 1. The molecule has 1 aliphatic carbocycles. The summed E-state index contributed by atoms with van der Waals surface area (Å²) in [6.45, 7) is 4.05. The van der Waals surface area contributed by atoms with E-state index in [9.17, 15) is 9.59 Å². The molecule has 4 nitrogen and oxygen atoms in total. The Balaban J connectivity index is 1.79. The van der Waals surface area contributed by atoms with E-state index < -0.39 is 5.97 Å². The third kappa shape index (κ3) is 1.92. The summed E-state index contributed by atoms with van der Waals surface area (Å²) in [7, 11) is 0. The van der Waals surface area contributed by atoms with Crippen molar-refractivity contribution in [3.63, 3.8) is 0 Å². The molecule has 1 aliphatic heterocycles. The molecular formula is C16H17NO3. The first-order chi connectivity index (χ1) is 9.59. The molecule has 0 bridgehead atoms. The van der Waals surface area contributed by atoms with Crippen molar-refractivity contribution in [1.29, 1.82) is 0 Å². The Hall–Kier alpha value is -2.10. The van der Waals surface area contributed by atoms with Crippen molar-refractivity contribution in [2.45, 2.75) is 31.7 Å². The molecule has 104 valence electrons. The zero-order chi connectivity index (χ0) is 14.3. The molecule has 0 atom stereocenters. The van der Waals surface area contributed by atoms with Crippen molar-refractivity contribution in [3.05, 3.63) is 42.0 Å². The van der Waals surface area contributed by atoms with Crippen LogP contribution in [0.4, 0.5) is 0 Å². The third-order valence-electron chi connectivity index (χ3n) is 4.39. The summed E-state index contributed by atoms with van der Waals surface area (Å²) in [4.78, 5) is 25.2. The van der Waals surface area contributed by atoms with Crippen LogP contribution in [-0.2, 0) is 4.79 Å². The number of aliphatic carboxylic acids is 1. The van der Waals surface area contributed by atoms with Gasteiger partial charge in [-0.2, -0.15) is 0 Å². The second-order valence-corrected chi connectivity index (χ2v) is 5.51. The van der Waals surface area contributed by atoms with Gasteiger partial charge in [0.2, 0.25) is 0 Å². The highest BCUT2D eigenvalue weighted by molar-refractivity contribution is 6.09. The topological polar surface area (TPSA) is 57.6 Å². The van der Waals surface area contributed by atoms with Crippen LogP contribution >= 0.6 is 0 Å². The molecule has 0 spiro atoms. The summed E-state index contributed by atoms with van der Waals surface area (Å²) in [5.41, 5.74) is 2.36. The molecule has 1 N–H and O–H groups in total. The van der Waals surface area contributed by atoms with Gasteiger partial charge in [-0.1, -0.05) is 24.8 Å². The van der Waals surface area contributed by atoms with E-state index in [1.54, 1.807) is 4.90 Å². The maximum Gasteiger partial charge on any atom is 0.306 e. The molecule has 4 heteroatoms. The van der Waals surface area contributed by atoms with Crippen LogP contribution in [0.15, 0.2) is 30.8 Å². The van der Waals surface area contributed by atoms with E-state index in [0.717, 1.165) is 24.1 Å². The summed E-state index contributed by atoms with van der Waals surface area (Å²) < 4.78 is 0. The Morgan fingerprint density at radius 2 is 1.75 bits per heavy atom. The first-order valence-electron chi connectivity index (χ1n) is 6.94. The lowest BCUT2D eigenvalue weighted by molar-refractivity contribution is -0.143. The Morgan fingerprint density at radius 1 is 1.15 bits per heavy atom. The van der Waals surface area contributed by atoms with Crippen LogP contribution in [0.2, 0.25) is 0 Å². The van der Waals surface area contributed by atoms with E-state index in [4.69, 9.17) is 5.11 Å². The first kappa shape index (κ1) is 12.9. The Morgan fingerprint density at radius 3 is 2.30 bits per heavy atom. The minimum Gasteiger partial charge on any atom is -0.481 e. The highest BCUT2D eigenvalue weighted by Crippen LogP contribution is 2.38. The van der Waals surface area contributed by atoms with Crippen LogP contribution in [0.5, 0.6) is 0 Å². The van der Waals surface area contributed by atoms with Crippen LogP contribution in [0, 0.1) is 5.92 Å². The Kier molecular flexibility index (Phi) is 3.08. The van der Waals surface area contributed by atoms with Gasteiger partial charge in [0.1, 0.15) is 0 Å². The number of hydrogen-bond acceptors (Lipinski definition) is 2. The van der Waals surface area contributed by atoms with Gasteiger partial charge in [-0.15, -0.1) is 0 Å². The second-order valence-electron chi connectivity index (χ2n) is 5.51. The van der Waals surface area contributed by atoms with Crippen molar-refractivity contribution in [3.8, 4) is 0 Å². The van der Waals surface area contributed by atoms with Crippen LogP contribution in [0.25, 0.3) is 5.70 Å². The minimum absolute atomic E-state index is 0.00405. The smallest absolute Gasteiger partial charge is 0.306 e. The molecule has 1 aromatic rings. The van der Waals surface area contributed by atoms with Gasteiger partial charge < -0.3 is 10.0 Å². The quantitative estimate of drug-likeness (QED) is 0.899. The van der Waals surface area contributed by atoms with Gasteiger partial charge in [-0.05, 0) is 31.7 Å². The molecule has 1 saturated carbocycles. The van der Waals surface area contributed by atoms with Crippen molar-refractivity contribution in [2.75, 3.05) is 0 Å². The van der Waals surface area contributed by atoms with Gasteiger partial charge in [0.25, 0.3) is 5.91 Å². The maximum atomic E-state index is 12.5. The SMILES string of the molecule is C=C1c2ccccc2C(=O)N1C1CCC(C(=O)O)CC1. The lowest BCUT2D eigenvalue weighted by atomic mass is 9.85.